The van der Waals surface area contributed by atoms with Gasteiger partial charge in [-0.2, -0.15) is 0 Å². The topological polar surface area (TPSA) is 92.8 Å². The molecule has 3 aromatic rings. The number of benzene rings is 2. The fourth-order valence-corrected chi connectivity index (χ4v) is 4.65. The van der Waals surface area contributed by atoms with Gasteiger partial charge in [-0.25, -0.2) is 9.18 Å². The number of nitrogens with one attached hydrogen (secondary N) is 2. The molecular formula is C28H29FN4O4. The normalized spacial score (nSPS) is 15.8. The molecule has 9 heteroatoms. The number of amides is 3. The lowest BCUT2D eigenvalue weighted by Gasteiger charge is -2.32. The number of likely N-dealkylation sites (tertiary alicyclic amines) is 1. The molecule has 3 amide bonds. The number of piperidine rings is 1. The van der Waals surface area contributed by atoms with Gasteiger partial charge in [-0.05, 0) is 67.5 Å². The van der Waals surface area contributed by atoms with Gasteiger partial charge in [-0.3, -0.25) is 9.78 Å². The zero-order valence-electron chi connectivity index (χ0n) is 20.6. The quantitative estimate of drug-likeness (QED) is 0.423. The Morgan fingerprint density at radius 3 is 2.54 bits per heavy atom. The van der Waals surface area contributed by atoms with Crippen LogP contribution in [0.1, 0.15) is 37.2 Å². The van der Waals surface area contributed by atoms with E-state index in [9.17, 15) is 14.0 Å². The first-order valence-corrected chi connectivity index (χ1v) is 12.4. The second-order valence-corrected chi connectivity index (χ2v) is 9.34. The summed E-state index contributed by atoms with van der Waals surface area (Å²) in [5, 5.41) is 6.18. The van der Waals surface area contributed by atoms with E-state index in [4.69, 9.17) is 9.47 Å². The maximum atomic E-state index is 14.9. The van der Waals surface area contributed by atoms with Crippen molar-refractivity contribution in [2.24, 2.45) is 0 Å². The highest BCUT2D eigenvalue weighted by Gasteiger charge is 2.26. The molecule has 0 atom stereocenters. The van der Waals surface area contributed by atoms with Crippen molar-refractivity contribution in [1.29, 1.82) is 0 Å². The molecule has 1 saturated heterocycles. The Kier molecular flexibility index (Phi) is 6.94. The molecule has 2 fully saturated rings. The number of urea groups is 1. The number of ether oxygens (including phenoxy) is 2. The fraction of sp³-hybridized carbons (Fsp3) is 0.321. The van der Waals surface area contributed by atoms with Gasteiger partial charge in [0.05, 0.1) is 12.6 Å². The molecule has 8 nitrogen and oxygen atoms in total. The maximum Gasteiger partial charge on any atom is 0.319 e. The molecule has 2 aliphatic rings. The highest BCUT2D eigenvalue weighted by Crippen LogP contribution is 2.40. The van der Waals surface area contributed by atoms with Gasteiger partial charge in [0.15, 0.2) is 11.6 Å². The third kappa shape index (κ3) is 5.50. The minimum atomic E-state index is -0.595. The first-order valence-electron chi connectivity index (χ1n) is 12.4. The number of carbonyl (C=O) groups is 2. The van der Waals surface area contributed by atoms with Crippen molar-refractivity contribution in [3.63, 3.8) is 0 Å². The minimum Gasteiger partial charge on any atom is -0.496 e. The number of carbonyl (C=O) groups excluding carboxylic acids is 2. The Hall–Kier alpha value is -4.14. The number of rotatable bonds is 7. The SMILES string of the molecule is C=CC(=O)N1CCC(c2cc3c(Oc4ccc(NC(=O)NC5CC5)cc4F)ccnc3cc2OC)CC1. The van der Waals surface area contributed by atoms with Crippen LogP contribution >= 0.6 is 0 Å². The van der Waals surface area contributed by atoms with Gasteiger partial charge in [0.2, 0.25) is 5.91 Å². The third-order valence-electron chi connectivity index (χ3n) is 6.80. The van der Waals surface area contributed by atoms with Gasteiger partial charge in [-0.15, -0.1) is 0 Å². The highest BCUT2D eigenvalue weighted by atomic mass is 19.1. The van der Waals surface area contributed by atoms with E-state index in [1.807, 2.05) is 12.1 Å². The highest BCUT2D eigenvalue weighted by molar-refractivity contribution is 5.90. The first-order chi connectivity index (χ1) is 17.9. The van der Waals surface area contributed by atoms with E-state index in [1.54, 1.807) is 30.3 Å². The van der Waals surface area contributed by atoms with Crippen LogP contribution in [0.3, 0.4) is 0 Å². The summed E-state index contributed by atoms with van der Waals surface area (Å²) in [6.07, 6.45) is 6.46. The van der Waals surface area contributed by atoms with Crippen LogP contribution in [-0.2, 0) is 4.79 Å². The molecule has 5 rings (SSSR count). The smallest absolute Gasteiger partial charge is 0.319 e. The molecule has 37 heavy (non-hydrogen) atoms. The van der Waals surface area contributed by atoms with E-state index < -0.39 is 5.82 Å². The van der Waals surface area contributed by atoms with Gasteiger partial charge < -0.3 is 25.0 Å². The molecule has 1 saturated carbocycles. The Morgan fingerprint density at radius 2 is 1.86 bits per heavy atom. The van der Waals surface area contributed by atoms with Crippen LogP contribution in [0.5, 0.6) is 17.2 Å². The van der Waals surface area contributed by atoms with E-state index in [0.717, 1.165) is 42.4 Å². The van der Waals surface area contributed by atoms with E-state index in [2.05, 4.69) is 22.2 Å². The second-order valence-electron chi connectivity index (χ2n) is 9.34. The fourth-order valence-electron chi connectivity index (χ4n) is 4.65. The lowest BCUT2D eigenvalue weighted by Crippen LogP contribution is -2.36. The van der Waals surface area contributed by atoms with Crippen LogP contribution in [0.4, 0.5) is 14.9 Å². The van der Waals surface area contributed by atoms with Crippen molar-refractivity contribution in [2.75, 3.05) is 25.5 Å². The number of hydrogen-bond donors (Lipinski definition) is 2. The molecule has 0 spiro atoms. The molecular weight excluding hydrogens is 475 g/mol. The van der Waals surface area contributed by atoms with E-state index in [1.165, 1.54) is 18.2 Å². The Labute approximate surface area is 214 Å². The van der Waals surface area contributed by atoms with Crippen LogP contribution < -0.4 is 20.1 Å². The molecule has 0 bridgehead atoms. The van der Waals surface area contributed by atoms with Crippen molar-refractivity contribution >= 4 is 28.5 Å². The molecule has 2 N–H and O–H groups in total. The van der Waals surface area contributed by atoms with Crippen LogP contribution in [0.25, 0.3) is 10.9 Å². The number of nitrogens with zero attached hydrogens (tertiary/aromatic N) is 2. The van der Waals surface area contributed by atoms with E-state index in [0.29, 0.717) is 30.0 Å². The average molecular weight is 505 g/mol. The van der Waals surface area contributed by atoms with Crippen LogP contribution in [-0.4, -0.2) is 48.1 Å². The number of hydrogen-bond acceptors (Lipinski definition) is 5. The largest absolute Gasteiger partial charge is 0.496 e. The summed E-state index contributed by atoms with van der Waals surface area (Å²) in [5.41, 5.74) is 2.00. The van der Waals surface area contributed by atoms with Gasteiger partial charge >= 0.3 is 6.03 Å². The predicted octanol–water partition coefficient (Wildman–Crippen LogP) is 5.35. The predicted molar refractivity (Wildman–Crippen MR) is 139 cm³/mol. The third-order valence-corrected chi connectivity index (χ3v) is 6.80. The number of pyridine rings is 1. The van der Waals surface area contributed by atoms with Crippen LogP contribution in [0.15, 0.2) is 55.3 Å². The van der Waals surface area contributed by atoms with Crippen LogP contribution in [0.2, 0.25) is 0 Å². The van der Waals surface area contributed by atoms with Crippen molar-refractivity contribution in [2.45, 2.75) is 37.6 Å². The minimum absolute atomic E-state index is 0.0364. The second kappa shape index (κ2) is 10.5. The monoisotopic (exact) mass is 504 g/mol. The summed E-state index contributed by atoms with van der Waals surface area (Å²) in [7, 11) is 1.62. The van der Waals surface area contributed by atoms with Crippen molar-refractivity contribution < 1.29 is 23.5 Å². The standard InChI is InChI=1S/C28H29FN4O4/c1-3-27(34)33-12-9-17(10-13-33)20-15-21-23(16-26(20)36-2)30-11-8-24(21)37-25-7-6-19(14-22(25)29)32-28(35)31-18-4-5-18/h3,6-8,11,14-18H,1,4-5,9-10,12-13H2,2H3,(H2,31,32,35). The number of aromatic nitrogens is 1. The summed E-state index contributed by atoms with van der Waals surface area (Å²) >= 11 is 0. The molecule has 1 aliphatic heterocycles. The Balaban J connectivity index is 1.38. The van der Waals surface area contributed by atoms with Crippen molar-refractivity contribution in [1.82, 2.24) is 15.2 Å². The summed E-state index contributed by atoms with van der Waals surface area (Å²) in [6.45, 7) is 4.85. The Bertz CT molecular complexity index is 1350. The van der Waals surface area contributed by atoms with E-state index >= 15 is 0 Å². The first kappa shape index (κ1) is 24.5. The molecule has 1 aliphatic carbocycles. The molecule has 2 heterocycles. The lowest BCUT2D eigenvalue weighted by atomic mass is 9.87. The molecule has 2 aromatic carbocycles. The average Bonchev–Trinajstić information content (AvgIpc) is 3.73. The Morgan fingerprint density at radius 1 is 1.08 bits per heavy atom. The van der Waals surface area contributed by atoms with Gasteiger partial charge in [0.25, 0.3) is 0 Å². The van der Waals surface area contributed by atoms with Gasteiger partial charge in [-0.1, -0.05) is 6.58 Å². The summed E-state index contributed by atoms with van der Waals surface area (Å²) < 4.78 is 26.6. The van der Waals surface area contributed by atoms with E-state index in [-0.39, 0.29) is 29.6 Å². The zero-order chi connectivity index (χ0) is 25.9. The summed E-state index contributed by atoms with van der Waals surface area (Å²) in [6, 6.07) is 9.72. The number of anilines is 1. The van der Waals surface area contributed by atoms with Crippen LogP contribution in [0, 0.1) is 5.82 Å². The molecule has 1 aromatic heterocycles. The zero-order valence-corrected chi connectivity index (χ0v) is 20.6. The molecule has 0 radical (unpaired) electrons. The number of fused-ring (bicyclic) bond motifs is 1. The molecule has 0 unspecified atom stereocenters. The maximum absolute atomic E-state index is 14.9. The summed E-state index contributed by atoms with van der Waals surface area (Å²) in [4.78, 5) is 30.2. The van der Waals surface area contributed by atoms with Crippen molar-refractivity contribution in [3.8, 4) is 17.2 Å². The summed E-state index contributed by atoms with van der Waals surface area (Å²) in [5.74, 6) is 0.744. The van der Waals surface area contributed by atoms with Crippen molar-refractivity contribution in [3.05, 3.63) is 66.6 Å². The van der Waals surface area contributed by atoms with Gasteiger partial charge in [0.1, 0.15) is 11.5 Å². The number of methoxy groups -OCH3 is 1. The number of halogens is 1. The molecule has 192 valence electrons. The lowest BCUT2D eigenvalue weighted by molar-refractivity contribution is -0.127. The van der Waals surface area contributed by atoms with Gasteiger partial charge in [0, 0.05) is 48.5 Å².